The van der Waals surface area contributed by atoms with E-state index in [0.29, 0.717) is 22.8 Å². The molecule has 0 amide bonds. The maximum absolute atomic E-state index is 5.97. The number of hydrogen-bond donors (Lipinski definition) is 2. The minimum absolute atomic E-state index is 0.302. The molecule has 0 bridgehead atoms. The molecule has 0 spiro atoms. The van der Waals surface area contributed by atoms with Crippen LogP contribution in [0.25, 0.3) is 0 Å². The van der Waals surface area contributed by atoms with Gasteiger partial charge in [0.15, 0.2) is 0 Å². The van der Waals surface area contributed by atoms with Crippen molar-refractivity contribution in [1.82, 2.24) is 9.97 Å². The molecule has 1 aliphatic rings. The number of ether oxygens (including phenoxy) is 1. The molecule has 100 valence electrons. The van der Waals surface area contributed by atoms with Crippen molar-refractivity contribution >= 4 is 23.2 Å². The van der Waals surface area contributed by atoms with Crippen LogP contribution in [0.1, 0.15) is 32.1 Å². The standard InChI is InChI=1S/C12H19ClN4O/c13-10-11(14)16-8-17-12(10)15-6-3-7-18-9-4-1-2-5-9/h8-9H,1-7H2,(H3,14,15,16,17). The van der Waals surface area contributed by atoms with E-state index < -0.39 is 0 Å². The van der Waals surface area contributed by atoms with Gasteiger partial charge in [0, 0.05) is 13.2 Å². The Kier molecular flexibility index (Phi) is 5.01. The lowest BCUT2D eigenvalue weighted by Gasteiger charge is -2.11. The summed E-state index contributed by atoms with van der Waals surface area (Å²) in [4.78, 5) is 7.85. The van der Waals surface area contributed by atoms with Crippen molar-refractivity contribution < 1.29 is 4.74 Å². The molecule has 0 saturated heterocycles. The zero-order chi connectivity index (χ0) is 12.8. The van der Waals surface area contributed by atoms with Gasteiger partial charge in [0.25, 0.3) is 0 Å². The summed E-state index contributed by atoms with van der Waals surface area (Å²) in [5, 5.41) is 3.52. The Bertz CT molecular complexity index is 382. The predicted molar refractivity (Wildman–Crippen MR) is 72.8 cm³/mol. The van der Waals surface area contributed by atoms with Crippen molar-refractivity contribution in [3.8, 4) is 0 Å². The van der Waals surface area contributed by atoms with E-state index >= 15 is 0 Å². The van der Waals surface area contributed by atoms with E-state index in [0.717, 1.165) is 19.6 Å². The van der Waals surface area contributed by atoms with E-state index in [-0.39, 0.29) is 0 Å². The van der Waals surface area contributed by atoms with Crippen LogP contribution in [0, 0.1) is 0 Å². The molecule has 0 aliphatic heterocycles. The lowest BCUT2D eigenvalue weighted by molar-refractivity contribution is 0.0583. The molecule has 0 atom stereocenters. The molecule has 18 heavy (non-hydrogen) atoms. The van der Waals surface area contributed by atoms with E-state index in [1.54, 1.807) is 0 Å². The Labute approximate surface area is 112 Å². The third-order valence-corrected chi connectivity index (χ3v) is 3.46. The molecule has 1 aromatic heterocycles. The molecule has 2 rings (SSSR count). The van der Waals surface area contributed by atoms with Crippen LogP contribution in [0.5, 0.6) is 0 Å². The zero-order valence-electron chi connectivity index (χ0n) is 10.4. The molecule has 0 aromatic carbocycles. The van der Waals surface area contributed by atoms with E-state index in [1.807, 2.05) is 0 Å². The van der Waals surface area contributed by atoms with Crippen LogP contribution >= 0.6 is 11.6 Å². The van der Waals surface area contributed by atoms with Gasteiger partial charge in [-0.05, 0) is 19.3 Å². The highest BCUT2D eigenvalue weighted by molar-refractivity contribution is 6.35. The lowest BCUT2D eigenvalue weighted by Crippen LogP contribution is -2.12. The van der Waals surface area contributed by atoms with E-state index in [1.165, 1.54) is 32.0 Å². The van der Waals surface area contributed by atoms with Crippen LogP contribution in [0.4, 0.5) is 11.6 Å². The van der Waals surface area contributed by atoms with Gasteiger partial charge in [0.2, 0.25) is 0 Å². The summed E-state index contributed by atoms with van der Waals surface area (Å²) in [6.07, 6.45) is 7.83. The SMILES string of the molecule is Nc1ncnc(NCCCOC2CCCC2)c1Cl. The Morgan fingerprint density at radius 2 is 2.17 bits per heavy atom. The topological polar surface area (TPSA) is 73.1 Å². The predicted octanol–water partition coefficient (Wildman–Crippen LogP) is 2.47. The molecule has 1 saturated carbocycles. The lowest BCUT2D eigenvalue weighted by atomic mass is 10.3. The molecule has 0 radical (unpaired) electrons. The minimum atomic E-state index is 0.302. The van der Waals surface area contributed by atoms with Gasteiger partial charge in [-0.25, -0.2) is 9.97 Å². The van der Waals surface area contributed by atoms with Gasteiger partial charge in [0.05, 0.1) is 6.10 Å². The fourth-order valence-electron chi connectivity index (χ4n) is 2.09. The smallest absolute Gasteiger partial charge is 0.150 e. The van der Waals surface area contributed by atoms with Crippen molar-refractivity contribution in [2.45, 2.75) is 38.2 Å². The molecule has 1 fully saturated rings. The summed E-state index contributed by atoms with van der Waals surface area (Å²) in [5.41, 5.74) is 5.59. The van der Waals surface area contributed by atoms with Crippen molar-refractivity contribution in [3.63, 3.8) is 0 Å². The van der Waals surface area contributed by atoms with Crippen molar-refractivity contribution in [3.05, 3.63) is 11.3 Å². The van der Waals surface area contributed by atoms with Gasteiger partial charge < -0.3 is 15.8 Å². The van der Waals surface area contributed by atoms with Gasteiger partial charge in [-0.1, -0.05) is 24.4 Å². The summed E-state index contributed by atoms with van der Waals surface area (Å²) < 4.78 is 5.76. The fraction of sp³-hybridized carbons (Fsp3) is 0.667. The van der Waals surface area contributed by atoms with Gasteiger partial charge in [-0.2, -0.15) is 0 Å². The number of anilines is 2. The maximum atomic E-state index is 5.97. The second-order valence-electron chi connectivity index (χ2n) is 4.48. The molecule has 0 unspecified atom stereocenters. The first kappa shape index (κ1) is 13.4. The maximum Gasteiger partial charge on any atom is 0.150 e. The Morgan fingerprint density at radius 1 is 1.39 bits per heavy atom. The van der Waals surface area contributed by atoms with Crippen LogP contribution in [-0.2, 0) is 4.74 Å². The molecular formula is C12H19ClN4O. The Balaban J connectivity index is 1.64. The number of halogens is 1. The summed E-state index contributed by atoms with van der Waals surface area (Å²) in [7, 11) is 0. The minimum Gasteiger partial charge on any atom is -0.382 e. The molecule has 1 aromatic rings. The third-order valence-electron chi connectivity index (χ3n) is 3.09. The Morgan fingerprint density at radius 3 is 2.94 bits per heavy atom. The number of nitrogens with zero attached hydrogens (tertiary/aromatic N) is 2. The highest BCUT2D eigenvalue weighted by atomic mass is 35.5. The average molecular weight is 271 g/mol. The van der Waals surface area contributed by atoms with Crippen LogP contribution in [0.3, 0.4) is 0 Å². The van der Waals surface area contributed by atoms with Crippen LogP contribution in [0.2, 0.25) is 5.02 Å². The van der Waals surface area contributed by atoms with E-state index in [9.17, 15) is 0 Å². The number of nitrogen functional groups attached to an aromatic ring is 1. The number of rotatable bonds is 6. The van der Waals surface area contributed by atoms with Crippen LogP contribution in [0.15, 0.2) is 6.33 Å². The van der Waals surface area contributed by atoms with Crippen molar-refractivity contribution in [2.75, 3.05) is 24.2 Å². The quantitative estimate of drug-likeness (QED) is 0.777. The first-order valence-electron chi connectivity index (χ1n) is 6.39. The highest BCUT2D eigenvalue weighted by Gasteiger charge is 2.14. The molecular weight excluding hydrogens is 252 g/mol. The average Bonchev–Trinajstić information content (AvgIpc) is 2.87. The number of nitrogens with one attached hydrogen (secondary N) is 1. The van der Waals surface area contributed by atoms with Crippen molar-refractivity contribution in [1.29, 1.82) is 0 Å². The molecule has 6 heteroatoms. The third kappa shape index (κ3) is 3.71. The number of nitrogens with two attached hydrogens (primary N) is 1. The van der Waals surface area contributed by atoms with E-state index in [2.05, 4.69) is 15.3 Å². The first-order valence-corrected chi connectivity index (χ1v) is 6.76. The van der Waals surface area contributed by atoms with Crippen LogP contribution in [-0.4, -0.2) is 29.2 Å². The highest BCUT2D eigenvalue weighted by Crippen LogP contribution is 2.23. The second-order valence-corrected chi connectivity index (χ2v) is 4.86. The molecule has 1 heterocycles. The van der Waals surface area contributed by atoms with Gasteiger partial charge >= 0.3 is 0 Å². The summed E-state index contributed by atoms with van der Waals surface area (Å²) >= 11 is 5.97. The Hall–Kier alpha value is -1.07. The van der Waals surface area contributed by atoms with Crippen molar-refractivity contribution in [2.24, 2.45) is 0 Å². The molecule has 1 aliphatic carbocycles. The summed E-state index contributed by atoms with van der Waals surface area (Å²) in [5.74, 6) is 0.890. The van der Waals surface area contributed by atoms with Gasteiger partial charge in [-0.3, -0.25) is 0 Å². The van der Waals surface area contributed by atoms with Gasteiger partial charge in [-0.15, -0.1) is 0 Å². The largest absolute Gasteiger partial charge is 0.382 e. The van der Waals surface area contributed by atoms with Gasteiger partial charge in [0.1, 0.15) is 23.0 Å². The van der Waals surface area contributed by atoms with E-state index in [4.69, 9.17) is 22.1 Å². The summed E-state index contributed by atoms with van der Waals surface area (Å²) in [6, 6.07) is 0. The fourth-order valence-corrected chi connectivity index (χ4v) is 2.26. The molecule has 5 nitrogen and oxygen atoms in total. The number of hydrogen-bond acceptors (Lipinski definition) is 5. The summed E-state index contributed by atoms with van der Waals surface area (Å²) in [6.45, 7) is 1.54. The molecule has 3 N–H and O–H groups in total. The number of aromatic nitrogens is 2. The first-order chi connectivity index (χ1) is 8.77. The second kappa shape index (κ2) is 6.75. The normalized spacial score (nSPS) is 16.1. The van der Waals surface area contributed by atoms with Crippen LogP contribution < -0.4 is 11.1 Å². The zero-order valence-corrected chi connectivity index (χ0v) is 11.1. The monoisotopic (exact) mass is 270 g/mol.